The van der Waals surface area contributed by atoms with Crippen LogP contribution in [0.1, 0.15) is 35.3 Å². The maximum Gasteiger partial charge on any atom is 0.251 e. The van der Waals surface area contributed by atoms with E-state index in [0.717, 1.165) is 16.8 Å². The number of carbonyl (C=O) groups is 1. The molecule has 0 heterocycles. The molecule has 0 unspecified atom stereocenters. The molecule has 33 heavy (non-hydrogen) atoms. The molecule has 7 heteroatoms. The number of ether oxygens (including phenoxy) is 2. The lowest BCUT2D eigenvalue weighted by Crippen LogP contribution is -2.27. The van der Waals surface area contributed by atoms with Crippen LogP contribution < -0.4 is 20.1 Å². The molecule has 0 aliphatic heterocycles. The Morgan fingerprint density at radius 2 is 1.82 bits per heavy atom. The number of anilines is 1. The third-order valence-electron chi connectivity index (χ3n) is 4.92. The van der Waals surface area contributed by atoms with Crippen molar-refractivity contribution in [1.82, 2.24) is 5.32 Å². The lowest BCUT2D eigenvalue weighted by Gasteiger charge is -2.14. The van der Waals surface area contributed by atoms with Gasteiger partial charge in [0.05, 0.1) is 7.11 Å². The van der Waals surface area contributed by atoms with Crippen molar-refractivity contribution in [1.29, 1.82) is 0 Å². The molecule has 3 aromatic rings. The number of hydrogen-bond donors (Lipinski definition) is 2. The summed E-state index contributed by atoms with van der Waals surface area (Å²) in [4.78, 5) is 12.3. The van der Waals surface area contributed by atoms with E-state index in [-0.39, 0.29) is 5.91 Å². The maximum atomic E-state index is 12.3. The fourth-order valence-corrected chi connectivity index (χ4v) is 3.57. The largest absolute Gasteiger partial charge is 0.493 e. The minimum atomic E-state index is -0.0729. The van der Waals surface area contributed by atoms with Crippen molar-refractivity contribution in [3.05, 3.63) is 87.4 Å². The van der Waals surface area contributed by atoms with Crippen LogP contribution in [-0.4, -0.2) is 19.6 Å². The summed E-state index contributed by atoms with van der Waals surface area (Å²) < 4.78 is 11.4. The van der Waals surface area contributed by atoms with Crippen LogP contribution in [0.4, 0.5) is 5.69 Å². The molecule has 0 aliphatic rings. The van der Waals surface area contributed by atoms with Gasteiger partial charge in [-0.25, -0.2) is 0 Å². The zero-order valence-electron chi connectivity index (χ0n) is 19.0. The second-order valence-electron chi connectivity index (χ2n) is 8.05. The van der Waals surface area contributed by atoms with E-state index in [0.29, 0.717) is 52.7 Å². The number of hydrogen-bond acceptors (Lipinski definition) is 4. The SMILES string of the molecule is COc1cc(CNc2cccc(C(=O)NCC(C)C)c2)ccc1OCc1ccc(Cl)cc1Cl. The van der Waals surface area contributed by atoms with E-state index in [1.807, 2.05) is 48.5 Å². The zero-order chi connectivity index (χ0) is 23.8. The maximum absolute atomic E-state index is 12.3. The Morgan fingerprint density at radius 1 is 1.00 bits per heavy atom. The van der Waals surface area contributed by atoms with Crippen molar-refractivity contribution >= 4 is 34.8 Å². The Labute approximate surface area is 205 Å². The van der Waals surface area contributed by atoms with Crippen LogP contribution in [0.5, 0.6) is 11.5 Å². The van der Waals surface area contributed by atoms with Gasteiger partial charge in [0.25, 0.3) is 5.91 Å². The van der Waals surface area contributed by atoms with Gasteiger partial charge in [0.2, 0.25) is 0 Å². The van der Waals surface area contributed by atoms with Gasteiger partial charge in [0.15, 0.2) is 11.5 Å². The molecule has 0 fully saturated rings. The van der Waals surface area contributed by atoms with E-state index in [1.165, 1.54) is 0 Å². The van der Waals surface area contributed by atoms with Crippen LogP contribution in [0, 0.1) is 5.92 Å². The highest BCUT2D eigenvalue weighted by molar-refractivity contribution is 6.35. The summed E-state index contributed by atoms with van der Waals surface area (Å²) >= 11 is 12.2. The van der Waals surface area contributed by atoms with Gasteiger partial charge in [0, 0.05) is 39.9 Å². The number of halogens is 2. The first kappa shape index (κ1) is 24.7. The first-order valence-corrected chi connectivity index (χ1v) is 11.5. The Hall–Kier alpha value is -2.89. The van der Waals surface area contributed by atoms with Crippen molar-refractivity contribution in [2.24, 2.45) is 5.92 Å². The first-order chi connectivity index (χ1) is 15.9. The molecule has 2 N–H and O–H groups in total. The number of rotatable bonds is 10. The Morgan fingerprint density at radius 3 is 2.55 bits per heavy atom. The van der Waals surface area contributed by atoms with Crippen LogP contribution in [0.2, 0.25) is 10.0 Å². The second-order valence-corrected chi connectivity index (χ2v) is 8.89. The molecule has 0 saturated heterocycles. The lowest BCUT2D eigenvalue weighted by atomic mass is 10.1. The molecular formula is C26H28Cl2N2O3. The highest BCUT2D eigenvalue weighted by Gasteiger charge is 2.10. The van der Waals surface area contributed by atoms with Gasteiger partial charge in [-0.05, 0) is 53.9 Å². The molecule has 0 radical (unpaired) electrons. The molecule has 5 nitrogen and oxygen atoms in total. The number of methoxy groups -OCH3 is 1. The Kier molecular flexibility index (Phi) is 8.87. The van der Waals surface area contributed by atoms with Crippen LogP contribution in [-0.2, 0) is 13.2 Å². The molecule has 0 spiro atoms. The average Bonchev–Trinajstić information content (AvgIpc) is 2.81. The highest BCUT2D eigenvalue weighted by Crippen LogP contribution is 2.30. The standard InChI is InChI=1S/C26H28Cl2N2O3/c1-17(2)14-30-26(31)19-5-4-6-22(12-19)29-15-18-7-10-24(25(11-18)32-3)33-16-20-8-9-21(27)13-23(20)28/h4-13,17,29H,14-16H2,1-3H3,(H,30,31). The number of benzene rings is 3. The monoisotopic (exact) mass is 486 g/mol. The summed E-state index contributed by atoms with van der Waals surface area (Å²) in [7, 11) is 1.61. The molecule has 0 aliphatic carbocycles. The van der Waals surface area contributed by atoms with Crippen LogP contribution in [0.25, 0.3) is 0 Å². The van der Waals surface area contributed by atoms with Crippen LogP contribution in [0.3, 0.4) is 0 Å². The van der Waals surface area contributed by atoms with Gasteiger partial charge >= 0.3 is 0 Å². The summed E-state index contributed by atoms with van der Waals surface area (Å²) in [5, 5.41) is 7.44. The van der Waals surface area contributed by atoms with E-state index in [4.69, 9.17) is 32.7 Å². The van der Waals surface area contributed by atoms with Crippen molar-refractivity contribution < 1.29 is 14.3 Å². The average molecular weight is 487 g/mol. The van der Waals surface area contributed by atoms with Crippen molar-refractivity contribution in [3.8, 4) is 11.5 Å². The van der Waals surface area contributed by atoms with E-state index in [9.17, 15) is 4.79 Å². The smallest absolute Gasteiger partial charge is 0.251 e. The van der Waals surface area contributed by atoms with Crippen molar-refractivity contribution in [3.63, 3.8) is 0 Å². The number of nitrogens with one attached hydrogen (secondary N) is 2. The third-order valence-corrected chi connectivity index (χ3v) is 5.51. The highest BCUT2D eigenvalue weighted by atomic mass is 35.5. The molecule has 0 saturated carbocycles. The predicted octanol–water partition coefficient (Wildman–Crippen LogP) is 6.58. The first-order valence-electron chi connectivity index (χ1n) is 10.7. The molecule has 0 bridgehead atoms. The minimum absolute atomic E-state index is 0.0729. The lowest BCUT2D eigenvalue weighted by molar-refractivity contribution is 0.0949. The van der Waals surface area contributed by atoms with Crippen LogP contribution in [0.15, 0.2) is 60.7 Å². The van der Waals surface area contributed by atoms with Gasteiger partial charge in [-0.3, -0.25) is 4.79 Å². The summed E-state index contributed by atoms with van der Waals surface area (Å²) in [6.45, 7) is 5.65. The van der Waals surface area contributed by atoms with Gasteiger partial charge < -0.3 is 20.1 Å². The van der Waals surface area contributed by atoms with Crippen molar-refractivity contribution in [2.45, 2.75) is 27.0 Å². The fraction of sp³-hybridized carbons (Fsp3) is 0.269. The molecule has 0 atom stereocenters. The van der Waals surface area contributed by atoms with Gasteiger partial charge in [-0.15, -0.1) is 0 Å². The van der Waals surface area contributed by atoms with E-state index in [2.05, 4.69) is 24.5 Å². The quantitative estimate of drug-likeness (QED) is 0.339. The second kappa shape index (κ2) is 11.8. The van der Waals surface area contributed by atoms with E-state index in [1.54, 1.807) is 19.2 Å². The topological polar surface area (TPSA) is 59.6 Å². The molecule has 3 aromatic carbocycles. The Bertz CT molecular complexity index is 1100. The number of carbonyl (C=O) groups excluding carboxylic acids is 1. The predicted molar refractivity (Wildman–Crippen MR) is 135 cm³/mol. The summed E-state index contributed by atoms with van der Waals surface area (Å²) in [6.07, 6.45) is 0. The van der Waals surface area contributed by atoms with Crippen molar-refractivity contribution in [2.75, 3.05) is 19.0 Å². The van der Waals surface area contributed by atoms with Gasteiger partial charge in [-0.1, -0.05) is 55.2 Å². The summed E-state index contributed by atoms with van der Waals surface area (Å²) in [5.74, 6) is 1.58. The fourth-order valence-electron chi connectivity index (χ4n) is 3.11. The minimum Gasteiger partial charge on any atom is -0.493 e. The number of amides is 1. The molecule has 1 amide bonds. The van der Waals surface area contributed by atoms with E-state index >= 15 is 0 Å². The summed E-state index contributed by atoms with van der Waals surface area (Å²) in [6, 6.07) is 18.5. The molecular weight excluding hydrogens is 459 g/mol. The zero-order valence-corrected chi connectivity index (χ0v) is 20.5. The molecule has 3 rings (SSSR count). The van der Waals surface area contributed by atoms with Crippen LogP contribution >= 0.6 is 23.2 Å². The van der Waals surface area contributed by atoms with E-state index < -0.39 is 0 Å². The normalized spacial score (nSPS) is 10.7. The molecule has 174 valence electrons. The third kappa shape index (κ3) is 7.31. The van der Waals surface area contributed by atoms with Gasteiger partial charge in [-0.2, -0.15) is 0 Å². The molecule has 0 aromatic heterocycles. The Balaban J connectivity index is 1.62. The summed E-state index contributed by atoms with van der Waals surface area (Å²) in [5.41, 5.74) is 3.34. The van der Waals surface area contributed by atoms with Gasteiger partial charge in [0.1, 0.15) is 6.61 Å².